The molecule has 0 spiro atoms. The first-order chi connectivity index (χ1) is 11.6. The molecule has 0 atom stereocenters. The van der Waals surface area contributed by atoms with Crippen LogP contribution in [0.4, 0.5) is 0 Å². The van der Waals surface area contributed by atoms with Crippen molar-refractivity contribution in [2.75, 3.05) is 13.2 Å². The molecule has 0 aliphatic heterocycles. The monoisotopic (exact) mass is 361 g/mol. The summed E-state index contributed by atoms with van der Waals surface area (Å²) >= 11 is 0. The second kappa shape index (κ2) is 6.69. The summed E-state index contributed by atoms with van der Waals surface area (Å²) in [4.78, 5) is 0. The van der Waals surface area contributed by atoms with E-state index in [1.54, 1.807) is 13.2 Å². The van der Waals surface area contributed by atoms with Crippen LogP contribution in [0.2, 0.25) is 0 Å². The molecule has 2 aromatic heterocycles. The zero-order valence-corrected chi connectivity index (χ0v) is 14.6. The van der Waals surface area contributed by atoms with Crippen LogP contribution in [0.1, 0.15) is 12.5 Å². The van der Waals surface area contributed by atoms with E-state index in [9.17, 15) is 10.2 Å². The van der Waals surface area contributed by atoms with Crippen LogP contribution >= 0.6 is 12.4 Å². The number of benzene rings is 2. The van der Waals surface area contributed by atoms with E-state index in [-0.39, 0.29) is 25.6 Å². The number of halogens is 1. The molecule has 0 aliphatic rings. The minimum absolute atomic E-state index is 0. The van der Waals surface area contributed by atoms with E-state index in [4.69, 9.17) is 8.83 Å². The van der Waals surface area contributed by atoms with E-state index in [0.717, 1.165) is 38.5 Å². The van der Waals surface area contributed by atoms with Crippen molar-refractivity contribution in [2.24, 2.45) is 0 Å². The van der Waals surface area contributed by atoms with Crippen LogP contribution in [0.25, 0.3) is 32.9 Å². The third kappa shape index (κ3) is 2.89. The molecule has 4 rings (SSSR count). The van der Waals surface area contributed by atoms with Gasteiger partial charge in [-0.25, -0.2) is 0 Å². The molecule has 6 heteroatoms. The standard InChI is InChI=1S/C19H19NO4.ClH/c1-19(10-21,11-22)20-9-14-17-13-4-2-3-5-15(13)24-16(17)8-12-6-7-23-18(12)14;/h2-8,20-22H,9-11H2,1H3;1H. The summed E-state index contributed by atoms with van der Waals surface area (Å²) in [7, 11) is 0. The van der Waals surface area contributed by atoms with E-state index >= 15 is 0 Å². The first kappa shape index (κ1) is 17.8. The fourth-order valence-corrected chi connectivity index (χ4v) is 3.04. The third-order valence-electron chi connectivity index (χ3n) is 4.57. The third-order valence-corrected chi connectivity index (χ3v) is 4.57. The van der Waals surface area contributed by atoms with Crippen LogP contribution in [-0.2, 0) is 6.54 Å². The Morgan fingerprint density at radius 1 is 1.08 bits per heavy atom. The van der Waals surface area contributed by atoms with Crippen molar-refractivity contribution in [3.05, 3.63) is 48.2 Å². The van der Waals surface area contributed by atoms with Crippen molar-refractivity contribution < 1.29 is 19.0 Å². The highest BCUT2D eigenvalue weighted by molar-refractivity contribution is 6.11. The molecule has 0 saturated heterocycles. The number of hydrogen-bond donors (Lipinski definition) is 3. The second-order valence-electron chi connectivity index (χ2n) is 6.40. The Morgan fingerprint density at radius 3 is 2.60 bits per heavy atom. The minimum atomic E-state index is -0.763. The molecule has 0 saturated carbocycles. The van der Waals surface area contributed by atoms with Gasteiger partial charge in [0.05, 0.1) is 25.0 Å². The first-order valence-electron chi connectivity index (χ1n) is 7.92. The summed E-state index contributed by atoms with van der Waals surface area (Å²) < 4.78 is 11.7. The summed E-state index contributed by atoms with van der Waals surface area (Å²) in [5, 5.41) is 25.3. The predicted molar refractivity (Wildman–Crippen MR) is 100 cm³/mol. The number of aliphatic hydroxyl groups excluding tert-OH is 2. The number of hydrogen-bond acceptors (Lipinski definition) is 5. The van der Waals surface area contributed by atoms with Crippen LogP contribution in [0.3, 0.4) is 0 Å². The molecule has 25 heavy (non-hydrogen) atoms. The number of rotatable bonds is 5. The van der Waals surface area contributed by atoms with Gasteiger partial charge in [-0.05, 0) is 25.1 Å². The summed E-state index contributed by atoms with van der Waals surface area (Å²) in [6.07, 6.45) is 1.66. The lowest BCUT2D eigenvalue weighted by molar-refractivity contribution is 0.103. The topological polar surface area (TPSA) is 78.8 Å². The lowest BCUT2D eigenvalue weighted by Crippen LogP contribution is -2.48. The fraction of sp³-hybridized carbons (Fsp3) is 0.263. The van der Waals surface area contributed by atoms with Gasteiger partial charge in [-0.2, -0.15) is 0 Å². The highest BCUT2D eigenvalue weighted by Gasteiger charge is 2.24. The summed E-state index contributed by atoms with van der Waals surface area (Å²) in [5.74, 6) is 0. The zero-order chi connectivity index (χ0) is 16.7. The molecule has 5 nitrogen and oxygen atoms in total. The minimum Gasteiger partial charge on any atom is -0.464 e. The molecule has 132 valence electrons. The summed E-state index contributed by atoms with van der Waals surface area (Å²) in [6, 6.07) is 11.8. The Labute approximate surface area is 150 Å². The number of nitrogens with one attached hydrogen (secondary N) is 1. The molecule has 0 bridgehead atoms. The van der Waals surface area contributed by atoms with E-state index in [1.165, 1.54) is 0 Å². The lowest BCUT2D eigenvalue weighted by atomic mass is 10.0. The van der Waals surface area contributed by atoms with Crippen molar-refractivity contribution in [1.29, 1.82) is 0 Å². The van der Waals surface area contributed by atoms with Gasteiger partial charge in [0.15, 0.2) is 0 Å². The van der Waals surface area contributed by atoms with Gasteiger partial charge in [0.2, 0.25) is 0 Å². The van der Waals surface area contributed by atoms with Gasteiger partial charge in [-0.1, -0.05) is 18.2 Å². The maximum absolute atomic E-state index is 9.52. The molecule has 0 amide bonds. The first-order valence-corrected chi connectivity index (χ1v) is 7.92. The van der Waals surface area contributed by atoms with Crippen molar-refractivity contribution in [1.82, 2.24) is 5.32 Å². The molecule has 4 aromatic rings. The number of furan rings is 2. The van der Waals surface area contributed by atoms with Gasteiger partial charge >= 0.3 is 0 Å². The largest absolute Gasteiger partial charge is 0.464 e. The highest BCUT2D eigenvalue weighted by atomic mass is 35.5. The second-order valence-corrected chi connectivity index (χ2v) is 6.40. The van der Waals surface area contributed by atoms with E-state index < -0.39 is 5.54 Å². The zero-order valence-electron chi connectivity index (χ0n) is 13.8. The molecule has 2 aromatic carbocycles. The van der Waals surface area contributed by atoms with Crippen molar-refractivity contribution in [2.45, 2.75) is 19.0 Å². The van der Waals surface area contributed by atoms with Crippen molar-refractivity contribution in [3.8, 4) is 0 Å². The van der Waals surface area contributed by atoms with Gasteiger partial charge in [-0.3, -0.25) is 0 Å². The lowest BCUT2D eigenvalue weighted by Gasteiger charge is -2.26. The van der Waals surface area contributed by atoms with Gasteiger partial charge in [0.25, 0.3) is 0 Å². The van der Waals surface area contributed by atoms with E-state index in [2.05, 4.69) is 5.32 Å². The van der Waals surface area contributed by atoms with Crippen LogP contribution in [0.5, 0.6) is 0 Å². The van der Waals surface area contributed by atoms with Gasteiger partial charge in [0.1, 0.15) is 16.7 Å². The highest BCUT2D eigenvalue weighted by Crippen LogP contribution is 2.36. The van der Waals surface area contributed by atoms with Crippen molar-refractivity contribution in [3.63, 3.8) is 0 Å². The van der Waals surface area contributed by atoms with E-state index in [0.29, 0.717) is 6.54 Å². The maximum atomic E-state index is 9.52. The molecule has 2 heterocycles. The Hall–Kier alpha value is -2.05. The van der Waals surface area contributed by atoms with Gasteiger partial charge in [0, 0.05) is 28.3 Å². The molecule has 0 fully saturated rings. The predicted octanol–water partition coefficient (Wildman–Crippen LogP) is 3.59. The number of aliphatic hydroxyl groups is 2. The van der Waals surface area contributed by atoms with Crippen LogP contribution in [0, 0.1) is 0 Å². The Bertz CT molecular complexity index is 1020. The number of fused-ring (bicyclic) bond motifs is 4. The molecule has 0 aliphatic carbocycles. The van der Waals surface area contributed by atoms with Crippen molar-refractivity contribution >= 4 is 45.3 Å². The quantitative estimate of drug-likeness (QED) is 0.506. The normalized spacial score (nSPS) is 12.1. The van der Waals surface area contributed by atoms with Crippen LogP contribution in [0.15, 0.2) is 51.5 Å². The summed E-state index contributed by atoms with van der Waals surface area (Å²) in [6.45, 7) is 1.91. The Morgan fingerprint density at radius 2 is 1.84 bits per heavy atom. The Balaban J connectivity index is 0.00000182. The molecule has 0 radical (unpaired) electrons. The number of para-hydroxylation sites is 1. The average Bonchev–Trinajstić information content (AvgIpc) is 3.22. The van der Waals surface area contributed by atoms with E-state index in [1.807, 2.05) is 36.4 Å². The van der Waals surface area contributed by atoms with Gasteiger partial charge in [-0.15, -0.1) is 12.4 Å². The smallest absolute Gasteiger partial charge is 0.139 e. The maximum Gasteiger partial charge on any atom is 0.139 e. The van der Waals surface area contributed by atoms with Gasteiger partial charge < -0.3 is 24.4 Å². The SMILES string of the molecule is CC(CO)(CO)NCc1c2occc2cc2oc3ccccc3c12.Cl. The summed E-state index contributed by atoms with van der Waals surface area (Å²) in [5.41, 5.74) is 2.62. The van der Waals surface area contributed by atoms with Crippen LogP contribution in [-0.4, -0.2) is 29.0 Å². The molecular weight excluding hydrogens is 342 g/mol. The average molecular weight is 362 g/mol. The molecule has 0 unspecified atom stereocenters. The van der Waals surface area contributed by atoms with Crippen LogP contribution < -0.4 is 5.32 Å². The molecular formula is C19H20ClNO4. The fourth-order valence-electron chi connectivity index (χ4n) is 3.04. The Kier molecular flexibility index (Phi) is 4.75. The molecule has 3 N–H and O–H groups in total.